The first-order valence-electron chi connectivity index (χ1n) is 4.90. The van der Waals surface area contributed by atoms with Crippen molar-refractivity contribution in [2.24, 2.45) is 5.73 Å². The summed E-state index contributed by atoms with van der Waals surface area (Å²) in [7, 11) is 0. The topological polar surface area (TPSA) is 70.1 Å². The van der Waals surface area contributed by atoms with Crippen molar-refractivity contribution >= 4 is 27.4 Å². The third kappa shape index (κ3) is 2.34. The van der Waals surface area contributed by atoms with Gasteiger partial charge in [-0.2, -0.15) is 0 Å². The van der Waals surface area contributed by atoms with Gasteiger partial charge in [-0.3, -0.25) is 0 Å². The van der Waals surface area contributed by atoms with E-state index in [1.54, 1.807) is 4.68 Å². The molecule has 0 bridgehead atoms. The van der Waals surface area contributed by atoms with Crippen molar-refractivity contribution in [3.05, 3.63) is 36.0 Å². The number of ether oxygens (including phenoxy) is 1. The van der Waals surface area contributed by atoms with Crippen molar-refractivity contribution in [2.75, 3.05) is 0 Å². The monoisotopic (exact) mass is 291 g/mol. The molecule has 0 saturated heterocycles. The number of carbonyl (C=O) groups excluding carboxylic acids is 1. The quantitative estimate of drug-likeness (QED) is 0.816. The second kappa shape index (κ2) is 4.63. The molecule has 0 atom stereocenters. The zero-order valence-electron chi connectivity index (χ0n) is 9.12. The molecule has 1 aromatic heterocycles. The van der Waals surface area contributed by atoms with Crippen LogP contribution in [-0.4, -0.2) is 32.7 Å². The van der Waals surface area contributed by atoms with Crippen molar-refractivity contribution < 1.29 is 9.53 Å². The molecule has 1 aromatic carbocycles. The van der Waals surface area contributed by atoms with E-state index in [1.165, 1.54) is 6.20 Å². The second-order valence-electron chi connectivity index (χ2n) is 3.45. The molecule has 0 unspecified atom stereocenters. The predicted molar refractivity (Wildman–Crippen MR) is 63.9 cm³/mol. The molecule has 86 valence electrons. The van der Waals surface area contributed by atoms with Gasteiger partial charge in [0.1, 0.15) is 0 Å². The number of amides is 1. The van der Waals surface area contributed by atoms with Gasteiger partial charge in [0, 0.05) is 0 Å². The van der Waals surface area contributed by atoms with Crippen LogP contribution in [0.3, 0.4) is 0 Å². The standard InChI is InChI=1S/C11H10AsN3O2/c1-7-4-2-3-5-8(7)15-10(12)9(6-14-15)17-11(13)16/h2-6H,1H3,(H2,13,16). The Morgan fingerprint density at radius 1 is 1.47 bits per heavy atom. The Bertz CT molecular complexity index is 566. The Balaban J connectivity index is 2.44. The number of nitrogens with two attached hydrogens (primary N) is 1. The first-order valence-corrected chi connectivity index (χ1v) is 5.83. The molecule has 0 spiro atoms. The molecule has 0 saturated carbocycles. The molecule has 1 heterocycles. The molecule has 5 nitrogen and oxygen atoms in total. The molecular formula is C11H10AsN3O2. The van der Waals surface area contributed by atoms with Gasteiger partial charge in [0.05, 0.1) is 0 Å². The molecule has 2 aromatic rings. The van der Waals surface area contributed by atoms with Crippen LogP contribution in [-0.2, 0) is 0 Å². The number of rotatable bonds is 2. The van der Waals surface area contributed by atoms with Crippen molar-refractivity contribution in [3.8, 4) is 11.4 Å². The minimum atomic E-state index is -0.846. The van der Waals surface area contributed by atoms with E-state index >= 15 is 0 Å². The zero-order chi connectivity index (χ0) is 12.4. The van der Waals surface area contributed by atoms with E-state index in [4.69, 9.17) is 10.5 Å². The van der Waals surface area contributed by atoms with Gasteiger partial charge in [0.2, 0.25) is 0 Å². The van der Waals surface area contributed by atoms with Crippen LogP contribution in [0.5, 0.6) is 5.75 Å². The number of para-hydroxylation sites is 1. The number of aryl methyl sites for hydroxylation is 1. The van der Waals surface area contributed by atoms with Crippen LogP contribution in [0.4, 0.5) is 4.79 Å². The Morgan fingerprint density at radius 3 is 2.82 bits per heavy atom. The number of nitrogens with zero attached hydrogens (tertiary/aromatic N) is 2. The van der Waals surface area contributed by atoms with Crippen molar-refractivity contribution in [3.63, 3.8) is 0 Å². The molecule has 2 radical (unpaired) electrons. The SMILES string of the molecule is Cc1ccccc1-n1ncc(OC(N)=O)c1[As]. The van der Waals surface area contributed by atoms with Crippen LogP contribution in [0.15, 0.2) is 30.5 Å². The van der Waals surface area contributed by atoms with Crippen LogP contribution >= 0.6 is 0 Å². The molecule has 2 rings (SSSR count). The molecule has 0 aliphatic rings. The van der Waals surface area contributed by atoms with E-state index in [-0.39, 0.29) is 0 Å². The van der Waals surface area contributed by atoms with Gasteiger partial charge in [-0.25, -0.2) is 0 Å². The molecule has 0 aliphatic heterocycles. The normalized spacial score (nSPS) is 10.2. The van der Waals surface area contributed by atoms with Crippen molar-refractivity contribution in [2.45, 2.75) is 6.92 Å². The maximum atomic E-state index is 10.7. The average molecular weight is 291 g/mol. The van der Waals surface area contributed by atoms with Gasteiger partial charge in [-0.05, 0) is 0 Å². The fraction of sp³-hybridized carbons (Fsp3) is 0.0909. The average Bonchev–Trinajstić information content (AvgIpc) is 2.61. The number of hydrogen-bond donors (Lipinski definition) is 1. The van der Waals surface area contributed by atoms with Crippen LogP contribution in [0, 0.1) is 6.92 Å². The number of carbonyl (C=O) groups is 1. The Morgan fingerprint density at radius 2 is 2.18 bits per heavy atom. The summed E-state index contributed by atoms with van der Waals surface area (Å²) in [5.74, 6) is 0.348. The molecule has 2 N–H and O–H groups in total. The van der Waals surface area contributed by atoms with Crippen LogP contribution in [0.1, 0.15) is 5.56 Å². The third-order valence-electron chi connectivity index (χ3n) is 2.27. The van der Waals surface area contributed by atoms with Crippen LogP contribution < -0.4 is 15.0 Å². The van der Waals surface area contributed by atoms with Crippen molar-refractivity contribution in [1.82, 2.24) is 9.78 Å². The Kier molecular flexibility index (Phi) is 3.20. The maximum absolute atomic E-state index is 10.7. The van der Waals surface area contributed by atoms with Gasteiger partial charge in [-0.15, -0.1) is 0 Å². The first-order chi connectivity index (χ1) is 8.09. The molecule has 17 heavy (non-hydrogen) atoms. The van der Waals surface area contributed by atoms with Crippen molar-refractivity contribution in [1.29, 1.82) is 0 Å². The Labute approximate surface area is 107 Å². The van der Waals surface area contributed by atoms with Crippen LogP contribution in [0.25, 0.3) is 5.69 Å². The fourth-order valence-electron chi connectivity index (χ4n) is 1.48. The van der Waals surface area contributed by atoms with Gasteiger partial charge in [0.15, 0.2) is 0 Å². The molecule has 6 heteroatoms. The molecule has 1 amide bonds. The summed E-state index contributed by atoms with van der Waals surface area (Å²) in [6.07, 6.45) is 0.617. The first kappa shape index (κ1) is 11.7. The Hall–Kier alpha value is -1.74. The van der Waals surface area contributed by atoms with E-state index in [0.29, 0.717) is 10.2 Å². The van der Waals surface area contributed by atoms with Crippen LogP contribution in [0.2, 0.25) is 0 Å². The summed E-state index contributed by atoms with van der Waals surface area (Å²) < 4.78 is 7.19. The fourth-order valence-corrected chi connectivity index (χ4v) is 2.04. The van der Waals surface area contributed by atoms with Gasteiger partial charge in [0.25, 0.3) is 0 Å². The van der Waals surface area contributed by atoms with Gasteiger partial charge < -0.3 is 0 Å². The van der Waals surface area contributed by atoms with E-state index < -0.39 is 6.09 Å². The predicted octanol–water partition coefficient (Wildman–Crippen LogP) is 0.432. The van der Waals surface area contributed by atoms with Gasteiger partial charge in [-0.1, -0.05) is 0 Å². The van der Waals surface area contributed by atoms with E-state index in [9.17, 15) is 4.79 Å². The third-order valence-corrected chi connectivity index (χ3v) is 3.13. The van der Waals surface area contributed by atoms with E-state index in [1.807, 2.05) is 31.2 Å². The number of primary amides is 1. The van der Waals surface area contributed by atoms with E-state index in [2.05, 4.69) is 22.0 Å². The summed E-state index contributed by atoms with van der Waals surface area (Å²) in [4.78, 5) is 10.7. The number of aromatic nitrogens is 2. The van der Waals surface area contributed by atoms with Gasteiger partial charge >= 0.3 is 107 Å². The summed E-state index contributed by atoms with van der Waals surface area (Å²) in [5, 5.41) is 4.17. The second-order valence-corrected chi connectivity index (χ2v) is 4.34. The zero-order valence-corrected chi connectivity index (χ0v) is 11.0. The minimum absolute atomic E-state index is 0.348. The summed E-state index contributed by atoms with van der Waals surface area (Å²) in [5.41, 5.74) is 6.98. The summed E-state index contributed by atoms with van der Waals surface area (Å²) in [6, 6.07) is 7.80. The number of hydrogen-bond acceptors (Lipinski definition) is 3. The molecular weight excluding hydrogens is 281 g/mol. The summed E-state index contributed by atoms with van der Waals surface area (Å²) in [6.45, 7) is 1.98. The van der Waals surface area contributed by atoms with E-state index in [0.717, 1.165) is 11.3 Å². The molecule has 0 aliphatic carbocycles. The molecule has 0 fully saturated rings. The summed E-state index contributed by atoms with van der Waals surface area (Å²) >= 11 is 2.32. The number of benzene rings is 1.